The van der Waals surface area contributed by atoms with Crippen molar-refractivity contribution in [2.45, 2.75) is 6.04 Å². The molecule has 0 aliphatic carbocycles. The highest BCUT2D eigenvalue weighted by Crippen LogP contribution is 2.22. The number of benzene rings is 1. The van der Waals surface area contributed by atoms with Gasteiger partial charge in [0.2, 0.25) is 0 Å². The predicted octanol–water partition coefficient (Wildman–Crippen LogP) is 1.94. The third-order valence-electron chi connectivity index (χ3n) is 2.11. The molecule has 0 aromatic heterocycles. The van der Waals surface area contributed by atoms with E-state index in [0.29, 0.717) is 16.6 Å². The molecule has 1 fully saturated rings. The van der Waals surface area contributed by atoms with Crippen molar-refractivity contribution in [1.29, 1.82) is 0 Å². The zero-order valence-corrected chi connectivity index (χ0v) is 8.77. The first kappa shape index (κ1) is 9.45. The first-order valence-electron chi connectivity index (χ1n) is 4.16. The van der Waals surface area contributed by atoms with E-state index in [2.05, 4.69) is 26.6 Å². The lowest BCUT2D eigenvalue weighted by Crippen LogP contribution is -2.22. The van der Waals surface area contributed by atoms with Gasteiger partial charge in [-0.3, -0.25) is 0 Å². The van der Waals surface area contributed by atoms with Gasteiger partial charge in [-0.05, 0) is 12.1 Å². The van der Waals surface area contributed by atoms with Crippen LogP contribution in [0.5, 0.6) is 0 Å². The Labute approximate surface area is 88.8 Å². The lowest BCUT2D eigenvalue weighted by Gasteiger charge is -2.09. The smallest absolute Gasteiger partial charge is 0.315 e. The highest BCUT2D eigenvalue weighted by molar-refractivity contribution is 9.10. The Morgan fingerprint density at radius 3 is 2.86 bits per heavy atom. The van der Waals surface area contributed by atoms with Gasteiger partial charge in [-0.15, -0.1) is 0 Å². The van der Waals surface area contributed by atoms with E-state index in [0.717, 1.165) is 0 Å². The molecule has 1 heterocycles. The summed E-state index contributed by atoms with van der Waals surface area (Å²) in [7, 11) is 0. The number of carbonyl (C=O) groups is 1. The number of amides is 2. The fraction of sp³-hybridized carbons (Fsp3) is 0.222. The number of nitrogens with one attached hydrogen (secondary N) is 2. The molecule has 1 saturated heterocycles. The minimum atomic E-state index is -0.312. The zero-order valence-electron chi connectivity index (χ0n) is 7.18. The Hall–Kier alpha value is -1.10. The predicted molar refractivity (Wildman–Crippen MR) is 53.4 cm³/mol. The molecule has 1 aromatic rings. The van der Waals surface area contributed by atoms with Gasteiger partial charge >= 0.3 is 6.03 Å². The van der Waals surface area contributed by atoms with Crippen molar-refractivity contribution in [3.63, 3.8) is 0 Å². The molecule has 0 bridgehead atoms. The molecular weight excluding hydrogens is 251 g/mol. The van der Waals surface area contributed by atoms with Gasteiger partial charge in [-0.1, -0.05) is 22.0 Å². The number of hydrogen-bond acceptors (Lipinski definition) is 1. The quantitative estimate of drug-likeness (QED) is 0.795. The maximum Gasteiger partial charge on any atom is 0.315 e. The highest BCUT2D eigenvalue weighted by Gasteiger charge is 2.23. The summed E-state index contributed by atoms with van der Waals surface area (Å²) in [6.45, 7) is 0.428. The fourth-order valence-electron chi connectivity index (χ4n) is 1.43. The second-order valence-corrected chi connectivity index (χ2v) is 3.99. The Balaban J connectivity index is 2.28. The molecule has 1 aliphatic rings. The second kappa shape index (κ2) is 3.57. The summed E-state index contributed by atoms with van der Waals surface area (Å²) < 4.78 is 14.1. The average Bonchev–Trinajstić information content (AvgIpc) is 2.51. The normalized spacial score (nSPS) is 20.4. The third-order valence-corrected chi connectivity index (χ3v) is 2.60. The second-order valence-electron chi connectivity index (χ2n) is 3.07. The number of hydrogen-bond donors (Lipinski definition) is 2. The molecule has 1 atom stereocenters. The molecule has 2 N–H and O–H groups in total. The van der Waals surface area contributed by atoms with Gasteiger partial charge in [0.1, 0.15) is 5.82 Å². The summed E-state index contributed by atoms with van der Waals surface area (Å²) in [4.78, 5) is 10.9. The largest absolute Gasteiger partial charge is 0.336 e. The van der Waals surface area contributed by atoms with Gasteiger partial charge in [-0.25, -0.2) is 9.18 Å². The van der Waals surface area contributed by atoms with Gasteiger partial charge in [-0.2, -0.15) is 0 Å². The van der Waals surface area contributed by atoms with E-state index in [-0.39, 0.29) is 17.9 Å². The lowest BCUT2D eigenvalue weighted by molar-refractivity contribution is 0.247. The van der Waals surface area contributed by atoms with Crippen LogP contribution in [0.3, 0.4) is 0 Å². The first-order valence-corrected chi connectivity index (χ1v) is 4.95. The molecule has 74 valence electrons. The Morgan fingerprint density at radius 2 is 2.29 bits per heavy atom. The van der Waals surface area contributed by atoms with Crippen LogP contribution >= 0.6 is 15.9 Å². The molecule has 0 radical (unpaired) electrons. The summed E-state index contributed by atoms with van der Waals surface area (Å²) in [5, 5.41) is 5.21. The molecule has 1 aromatic carbocycles. The monoisotopic (exact) mass is 258 g/mol. The maximum atomic E-state index is 13.4. The van der Waals surface area contributed by atoms with Crippen LogP contribution in [0.2, 0.25) is 0 Å². The molecule has 2 amide bonds. The number of rotatable bonds is 1. The summed E-state index contributed by atoms with van der Waals surface area (Å²) in [5.41, 5.74) is 0.506. The van der Waals surface area contributed by atoms with Crippen LogP contribution in [0, 0.1) is 5.82 Å². The summed E-state index contributed by atoms with van der Waals surface area (Å²) in [6.07, 6.45) is 0. The summed E-state index contributed by atoms with van der Waals surface area (Å²) in [6, 6.07) is 4.29. The van der Waals surface area contributed by atoms with Gasteiger partial charge < -0.3 is 10.6 Å². The van der Waals surface area contributed by atoms with Crippen molar-refractivity contribution in [2.24, 2.45) is 0 Å². The maximum absolute atomic E-state index is 13.4. The highest BCUT2D eigenvalue weighted by atomic mass is 79.9. The molecule has 3 nitrogen and oxygen atoms in total. The van der Waals surface area contributed by atoms with Crippen molar-refractivity contribution >= 4 is 22.0 Å². The Kier molecular flexibility index (Phi) is 2.41. The summed E-state index contributed by atoms with van der Waals surface area (Å²) >= 11 is 3.17. The number of carbonyl (C=O) groups excluding carboxylic acids is 1. The SMILES string of the molecule is O=C1NC[C@@H](c2ccc(Br)cc2F)N1. The van der Waals surface area contributed by atoms with Gasteiger partial charge in [0, 0.05) is 16.6 Å². The van der Waals surface area contributed by atoms with Crippen LogP contribution in [0.4, 0.5) is 9.18 Å². The lowest BCUT2D eigenvalue weighted by atomic mass is 10.1. The molecule has 0 saturated carbocycles. The van der Waals surface area contributed by atoms with E-state index in [1.54, 1.807) is 12.1 Å². The molecule has 5 heteroatoms. The van der Waals surface area contributed by atoms with Crippen LogP contribution in [-0.2, 0) is 0 Å². The third kappa shape index (κ3) is 1.72. The topological polar surface area (TPSA) is 41.1 Å². The van der Waals surface area contributed by atoms with Crippen LogP contribution in [0.1, 0.15) is 11.6 Å². The van der Waals surface area contributed by atoms with E-state index >= 15 is 0 Å². The number of halogens is 2. The Morgan fingerprint density at radius 1 is 1.50 bits per heavy atom. The van der Waals surface area contributed by atoms with Gasteiger partial charge in [0.05, 0.1) is 6.04 Å². The zero-order chi connectivity index (χ0) is 10.1. The molecular formula is C9H8BrFN2O. The van der Waals surface area contributed by atoms with E-state index < -0.39 is 0 Å². The molecule has 14 heavy (non-hydrogen) atoms. The molecule has 0 unspecified atom stereocenters. The minimum absolute atomic E-state index is 0.252. The van der Waals surface area contributed by atoms with E-state index in [1.807, 2.05) is 0 Å². The van der Waals surface area contributed by atoms with Crippen molar-refractivity contribution in [1.82, 2.24) is 10.6 Å². The first-order chi connectivity index (χ1) is 6.66. The van der Waals surface area contributed by atoms with Crippen LogP contribution in [-0.4, -0.2) is 12.6 Å². The van der Waals surface area contributed by atoms with Crippen molar-refractivity contribution < 1.29 is 9.18 Å². The van der Waals surface area contributed by atoms with Crippen molar-refractivity contribution in [3.05, 3.63) is 34.1 Å². The van der Waals surface area contributed by atoms with Crippen molar-refractivity contribution in [2.75, 3.05) is 6.54 Å². The average molecular weight is 259 g/mol. The van der Waals surface area contributed by atoms with E-state index in [4.69, 9.17) is 0 Å². The molecule has 2 rings (SSSR count). The molecule has 0 spiro atoms. The van der Waals surface area contributed by atoms with Crippen LogP contribution in [0.25, 0.3) is 0 Å². The van der Waals surface area contributed by atoms with Crippen molar-refractivity contribution in [3.8, 4) is 0 Å². The fourth-order valence-corrected chi connectivity index (χ4v) is 1.76. The van der Waals surface area contributed by atoms with E-state index in [1.165, 1.54) is 6.07 Å². The van der Waals surface area contributed by atoms with Crippen LogP contribution < -0.4 is 10.6 Å². The van der Waals surface area contributed by atoms with Crippen LogP contribution in [0.15, 0.2) is 22.7 Å². The Bertz CT molecular complexity index is 383. The van der Waals surface area contributed by atoms with Gasteiger partial charge in [0.15, 0.2) is 0 Å². The van der Waals surface area contributed by atoms with Gasteiger partial charge in [0.25, 0.3) is 0 Å². The number of urea groups is 1. The standard InChI is InChI=1S/C9H8BrFN2O/c10-5-1-2-6(7(11)3-5)8-4-12-9(14)13-8/h1-3,8H,4H2,(H2,12,13,14)/t8-/m0/s1. The summed E-state index contributed by atoms with van der Waals surface area (Å²) in [5.74, 6) is -0.312. The minimum Gasteiger partial charge on any atom is -0.336 e. The molecule has 1 aliphatic heterocycles. The van der Waals surface area contributed by atoms with E-state index in [9.17, 15) is 9.18 Å².